The van der Waals surface area contributed by atoms with Gasteiger partial charge in [-0.25, -0.2) is 4.79 Å². The Morgan fingerprint density at radius 1 is 0.897 bits per heavy atom. The fourth-order valence-electron chi connectivity index (χ4n) is 4.07. The summed E-state index contributed by atoms with van der Waals surface area (Å²) in [5.41, 5.74) is 1.54. The van der Waals surface area contributed by atoms with Gasteiger partial charge in [-0.2, -0.15) is 0 Å². The molecule has 1 aliphatic heterocycles. The summed E-state index contributed by atoms with van der Waals surface area (Å²) < 4.78 is 11.1. The number of nitrogens with zero attached hydrogens (tertiary/aromatic N) is 1. The molecule has 1 aliphatic rings. The van der Waals surface area contributed by atoms with Crippen molar-refractivity contribution in [1.82, 2.24) is 4.90 Å². The zero-order valence-electron chi connectivity index (χ0n) is 20.7. The summed E-state index contributed by atoms with van der Waals surface area (Å²) in [7, 11) is 1.44. The van der Waals surface area contributed by atoms with Crippen molar-refractivity contribution in [2.45, 2.75) is 0 Å². The van der Waals surface area contributed by atoms with Gasteiger partial charge in [-0.05, 0) is 64.5 Å². The summed E-state index contributed by atoms with van der Waals surface area (Å²) in [6.45, 7) is -0.400. The summed E-state index contributed by atoms with van der Waals surface area (Å²) in [5, 5.41) is 3.81. The molecule has 0 atom stereocenters. The van der Waals surface area contributed by atoms with Crippen LogP contribution in [0.15, 0.2) is 95.9 Å². The zero-order valence-corrected chi connectivity index (χ0v) is 21.6. The number of anilines is 1. The number of hydrogen-bond donors (Lipinski definition) is 1. The zero-order chi connectivity index (χ0) is 27.4. The Bertz CT molecular complexity index is 1630. The van der Waals surface area contributed by atoms with Crippen molar-refractivity contribution in [1.29, 1.82) is 0 Å². The fraction of sp³-hybridized carbons (Fsp3) is 0.0667. The number of nitrogens with one attached hydrogen (secondary N) is 1. The summed E-state index contributed by atoms with van der Waals surface area (Å²) >= 11 is 0.744. The van der Waals surface area contributed by atoms with E-state index in [4.69, 9.17) is 9.47 Å². The molecule has 0 spiro atoms. The van der Waals surface area contributed by atoms with Crippen LogP contribution in [0.5, 0.6) is 11.5 Å². The number of carbonyl (C=O) groups excluding carboxylic acids is 4. The molecule has 8 nitrogen and oxygen atoms in total. The van der Waals surface area contributed by atoms with Crippen molar-refractivity contribution in [2.24, 2.45) is 0 Å². The third-order valence-electron chi connectivity index (χ3n) is 5.93. The van der Waals surface area contributed by atoms with E-state index in [2.05, 4.69) is 5.32 Å². The monoisotopic (exact) mass is 538 g/mol. The second kappa shape index (κ2) is 11.2. The normalized spacial score (nSPS) is 14.1. The van der Waals surface area contributed by atoms with Crippen LogP contribution < -0.4 is 14.8 Å². The van der Waals surface area contributed by atoms with Crippen molar-refractivity contribution in [3.05, 3.63) is 107 Å². The summed E-state index contributed by atoms with van der Waals surface area (Å²) in [6.07, 6.45) is 1.53. The van der Waals surface area contributed by atoms with Gasteiger partial charge in [-0.1, -0.05) is 60.7 Å². The lowest BCUT2D eigenvalue weighted by Gasteiger charge is -2.12. The fourth-order valence-corrected chi connectivity index (χ4v) is 4.91. The van der Waals surface area contributed by atoms with Gasteiger partial charge in [0.1, 0.15) is 6.54 Å². The number of methoxy groups -OCH3 is 1. The number of carbonyl (C=O) groups is 4. The minimum Gasteiger partial charge on any atom is -0.493 e. The molecule has 0 radical (unpaired) electrons. The van der Waals surface area contributed by atoms with Crippen LogP contribution in [0.4, 0.5) is 10.5 Å². The maximum absolute atomic E-state index is 13.0. The van der Waals surface area contributed by atoms with E-state index in [0.717, 1.165) is 27.4 Å². The van der Waals surface area contributed by atoms with Gasteiger partial charge in [0.15, 0.2) is 11.5 Å². The molecule has 0 bridgehead atoms. The number of imide groups is 1. The molecule has 4 aromatic rings. The molecule has 0 unspecified atom stereocenters. The van der Waals surface area contributed by atoms with Crippen molar-refractivity contribution < 1.29 is 28.7 Å². The molecule has 194 valence electrons. The predicted molar refractivity (Wildman–Crippen MR) is 150 cm³/mol. The van der Waals surface area contributed by atoms with Crippen molar-refractivity contribution in [3.63, 3.8) is 0 Å². The first-order valence-corrected chi connectivity index (χ1v) is 12.7. The topological polar surface area (TPSA) is 102 Å². The summed E-state index contributed by atoms with van der Waals surface area (Å²) in [5.74, 6) is -1.10. The lowest BCUT2D eigenvalue weighted by Crippen LogP contribution is -2.36. The van der Waals surface area contributed by atoms with Gasteiger partial charge in [0.05, 0.1) is 17.6 Å². The van der Waals surface area contributed by atoms with Crippen LogP contribution in [0.3, 0.4) is 0 Å². The quantitative estimate of drug-likeness (QED) is 0.182. The highest BCUT2D eigenvalue weighted by Crippen LogP contribution is 2.35. The lowest BCUT2D eigenvalue weighted by molar-refractivity contribution is -0.127. The SMILES string of the molecule is COc1cc(/C=C2\SC(=O)N(CC(=O)Nc3ccccc3)C2=O)ccc1OC(=O)c1cccc2ccccc12. The Hall–Kier alpha value is -4.89. The second-order valence-corrected chi connectivity index (χ2v) is 9.50. The molecule has 3 amide bonds. The van der Waals surface area contributed by atoms with Crippen LogP contribution in [0.1, 0.15) is 15.9 Å². The Morgan fingerprint density at radius 3 is 2.44 bits per heavy atom. The highest BCUT2D eigenvalue weighted by molar-refractivity contribution is 8.18. The Labute approximate surface area is 228 Å². The number of hydrogen-bond acceptors (Lipinski definition) is 7. The molecule has 0 saturated carbocycles. The molecular weight excluding hydrogens is 516 g/mol. The molecule has 0 aliphatic carbocycles. The first-order valence-electron chi connectivity index (χ1n) is 11.9. The van der Waals surface area contributed by atoms with Crippen LogP contribution in [0.2, 0.25) is 0 Å². The number of thioether (sulfide) groups is 1. The number of rotatable bonds is 7. The molecule has 1 heterocycles. The minimum absolute atomic E-state index is 0.162. The number of ether oxygens (including phenoxy) is 2. The van der Waals surface area contributed by atoms with E-state index in [0.29, 0.717) is 16.8 Å². The molecule has 1 fully saturated rings. The number of fused-ring (bicyclic) bond motifs is 1. The van der Waals surface area contributed by atoms with Crippen LogP contribution >= 0.6 is 11.8 Å². The standard InChI is InChI=1S/C30H22N2O6S/c1-37-25-16-19(14-15-24(25)38-29(35)23-13-7-9-20-8-5-6-12-22(20)23)17-26-28(34)32(30(36)39-26)18-27(33)31-21-10-3-2-4-11-21/h2-17H,18H2,1H3,(H,31,33)/b26-17-. The van der Waals surface area contributed by atoms with Crippen molar-refractivity contribution in [2.75, 3.05) is 19.0 Å². The van der Waals surface area contributed by atoms with Gasteiger partial charge >= 0.3 is 5.97 Å². The van der Waals surface area contributed by atoms with Gasteiger partial charge < -0.3 is 14.8 Å². The van der Waals surface area contributed by atoms with Crippen LogP contribution in [0.25, 0.3) is 16.8 Å². The average Bonchev–Trinajstić information content (AvgIpc) is 3.21. The van der Waals surface area contributed by atoms with E-state index in [1.165, 1.54) is 13.2 Å². The molecule has 39 heavy (non-hydrogen) atoms. The Morgan fingerprint density at radius 2 is 1.64 bits per heavy atom. The van der Waals surface area contributed by atoms with E-state index in [1.807, 2.05) is 36.4 Å². The van der Waals surface area contributed by atoms with Gasteiger partial charge in [-0.15, -0.1) is 0 Å². The van der Waals surface area contributed by atoms with E-state index >= 15 is 0 Å². The maximum Gasteiger partial charge on any atom is 0.344 e. The van der Waals surface area contributed by atoms with Gasteiger partial charge in [0.2, 0.25) is 5.91 Å². The highest BCUT2D eigenvalue weighted by atomic mass is 32.2. The second-order valence-electron chi connectivity index (χ2n) is 8.51. The van der Waals surface area contributed by atoms with Crippen LogP contribution in [-0.2, 0) is 9.59 Å². The summed E-state index contributed by atoms with van der Waals surface area (Å²) in [4.78, 5) is 51.7. The highest BCUT2D eigenvalue weighted by Gasteiger charge is 2.36. The van der Waals surface area contributed by atoms with Gasteiger partial charge in [0.25, 0.3) is 11.1 Å². The first-order chi connectivity index (χ1) is 18.9. The smallest absolute Gasteiger partial charge is 0.344 e. The summed E-state index contributed by atoms with van der Waals surface area (Å²) in [6, 6.07) is 26.5. The van der Waals surface area contributed by atoms with Gasteiger partial charge in [0, 0.05) is 5.69 Å². The minimum atomic E-state index is -0.571. The molecule has 1 N–H and O–H groups in total. The van der Waals surface area contributed by atoms with Crippen molar-refractivity contribution in [3.8, 4) is 11.5 Å². The molecule has 5 rings (SSSR count). The number of amides is 3. The van der Waals surface area contributed by atoms with Crippen molar-refractivity contribution >= 4 is 57.3 Å². The van der Waals surface area contributed by atoms with E-state index in [-0.39, 0.29) is 16.4 Å². The number of benzene rings is 4. The van der Waals surface area contributed by atoms with E-state index < -0.39 is 29.6 Å². The average molecular weight is 539 g/mol. The van der Waals surface area contributed by atoms with E-state index in [1.54, 1.807) is 54.6 Å². The van der Waals surface area contributed by atoms with Crippen LogP contribution in [-0.4, -0.2) is 41.6 Å². The predicted octanol–water partition coefficient (Wildman–Crippen LogP) is 5.74. The molecule has 9 heteroatoms. The third-order valence-corrected chi connectivity index (χ3v) is 6.84. The largest absolute Gasteiger partial charge is 0.493 e. The maximum atomic E-state index is 13.0. The van der Waals surface area contributed by atoms with Gasteiger partial charge in [-0.3, -0.25) is 19.3 Å². The molecule has 1 saturated heterocycles. The Kier molecular flexibility index (Phi) is 7.42. The first kappa shape index (κ1) is 25.7. The number of esters is 1. The lowest BCUT2D eigenvalue weighted by atomic mass is 10.0. The molecule has 4 aromatic carbocycles. The number of para-hydroxylation sites is 1. The van der Waals surface area contributed by atoms with Crippen LogP contribution in [0, 0.1) is 0 Å². The van der Waals surface area contributed by atoms with E-state index in [9.17, 15) is 19.2 Å². The molecule has 0 aromatic heterocycles. The molecular formula is C30H22N2O6S. The third kappa shape index (κ3) is 5.68. The Balaban J connectivity index is 1.30.